The van der Waals surface area contributed by atoms with Gasteiger partial charge in [-0.2, -0.15) is 0 Å². The number of hydrogen-bond donors (Lipinski definition) is 1. The second-order valence-corrected chi connectivity index (χ2v) is 3.94. The van der Waals surface area contributed by atoms with Crippen LogP contribution in [0.5, 0.6) is 0 Å². The maximum Gasteiger partial charge on any atom is 0.146 e. The van der Waals surface area contributed by atoms with Crippen molar-refractivity contribution in [2.24, 2.45) is 0 Å². The van der Waals surface area contributed by atoms with Crippen molar-refractivity contribution in [1.82, 2.24) is 9.97 Å². The van der Waals surface area contributed by atoms with Crippen LogP contribution in [-0.4, -0.2) is 34.3 Å². The molecule has 13 heavy (non-hydrogen) atoms. The quantitative estimate of drug-likeness (QED) is 0.794. The first kappa shape index (κ1) is 8.90. The van der Waals surface area contributed by atoms with Crippen molar-refractivity contribution in [2.75, 3.05) is 18.0 Å². The molecule has 0 aromatic carbocycles. The van der Waals surface area contributed by atoms with Crippen molar-refractivity contribution < 1.29 is 5.11 Å². The molecule has 1 aromatic heterocycles. The van der Waals surface area contributed by atoms with E-state index in [9.17, 15) is 5.11 Å². The zero-order valence-electron chi connectivity index (χ0n) is 7.02. The molecule has 0 radical (unpaired) electrons. The molecule has 2 rings (SSSR count). The van der Waals surface area contributed by atoms with Gasteiger partial charge in [0, 0.05) is 19.3 Å². The minimum atomic E-state index is -0.220. The molecule has 1 aromatic rings. The van der Waals surface area contributed by atoms with Gasteiger partial charge in [0.15, 0.2) is 0 Å². The summed E-state index contributed by atoms with van der Waals surface area (Å²) in [5.74, 6) is 0.867. The van der Waals surface area contributed by atoms with Crippen LogP contribution in [0.15, 0.2) is 17.0 Å². The Labute approximate surface area is 84.7 Å². The molecule has 0 unspecified atom stereocenters. The number of β-amino-alcohol motifs (C(OH)–C–C–N with tert-alkyl or cyclic N) is 1. The molecule has 1 fully saturated rings. The van der Waals surface area contributed by atoms with Gasteiger partial charge in [-0.1, -0.05) is 0 Å². The zero-order chi connectivity index (χ0) is 9.26. The Morgan fingerprint density at radius 2 is 2.46 bits per heavy atom. The second kappa shape index (κ2) is 3.59. The average molecular weight is 244 g/mol. The van der Waals surface area contributed by atoms with Gasteiger partial charge >= 0.3 is 0 Å². The minimum Gasteiger partial charge on any atom is -0.391 e. The highest BCUT2D eigenvalue weighted by Gasteiger charge is 2.22. The number of anilines is 1. The molecule has 1 atom stereocenters. The predicted molar refractivity (Wildman–Crippen MR) is 52.6 cm³/mol. The van der Waals surface area contributed by atoms with Gasteiger partial charge in [0.25, 0.3) is 0 Å². The summed E-state index contributed by atoms with van der Waals surface area (Å²) in [7, 11) is 0. The van der Waals surface area contributed by atoms with Gasteiger partial charge < -0.3 is 10.0 Å². The highest BCUT2D eigenvalue weighted by molar-refractivity contribution is 9.10. The molecule has 2 heterocycles. The van der Waals surface area contributed by atoms with Gasteiger partial charge in [-0.05, 0) is 22.4 Å². The predicted octanol–water partition coefficient (Wildman–Crippen LogP) is 0.810. The molecular formula is C8H10BrN3O. The normalized spacial score (nSPS) is 22.3. The number of rotatable bonds is 1. The molecular weight excluding hydrogens is 234 g/mol. The van der Waals surface area contributed by atoms with E-state index < -0.39 is 0 Å². The number of halogens is 1. The summed E-state index contributed by atoms with van der Waals surface area (Å²) in [4.78, 5) is 10.1. The Hall–Kier alpha value is -0.680. The minimum absolute atomic E-state index is 0.220. The summed E-state index contributed by atoms with van der Waals surface area (Å²) in [6, 6.07) is 0. The fourth-order valence-corrected chi connectivity index (χ4v) is 1.94. The van der Waals surface area contributed by atoms with Gasteiger partial charge in [-0.3, -0.25) is 0 Å². The van der Waals surface area contributed by atoms with Crippen molar-refractivity contribution in [1.29, 1.82) is 0 Å². The van der Waals surface area contributed by atoms with E-state index >= 15 is 0 Å². The van der Waals surface area contributed by atoms with Crippen LogP contribution >= 0.6 is 15.9 Å². The third-order valence-corrected chi connectivity index (χ3v) is 2.67. The van der Waals surface area contributed by atoms with Crippen molar-refractivity contribution in [2.45, 2.75) is 12.5 Å². The number of hydrogen-bond acceptors (Lipinski definition) is 4. The van der Waals surface area contributed by atoms with E-state index in [1.807, 2.05) is 0 Å². The smallest absolute Gasteiger partial charge is 0.146 e. The standard InChI is InChI=1S/C8H10BrN3O/c9-7-3-10-5-11-8(7)12-2-1-6(13)4-12/h3,5-6,13H,1-2,4H2/t6-/m1/s1. The molecule has 1 aliphatic rings. The largest absolute Gasteiger partial charge is 0.391 e. The van der Waals surface area contributed by atoms with Crippen LogP contribution < -0.4 is 4.90 Å². The first-order valence-corrected chi connectivity index (χ1v) is 4.95. The summed E-state index contributed by atoms with van der Waals surface area (Å²) in [6.45, 7) is 1.52. The number of aromatic nitrogens is 2. The second-order valence-electron chi connectivity index (χ2n) is 3.08. The highest BCUT2D eigenvalue weighted by atomic mass is 79.9. The Morgan fingerprint density at radius 3 is 3.08 bits per heavy atom. The topological polar surface area (TPSA) is 49.2 Å². The van der Waals surface area contributed by atoms with Crippen LogP contribution in [-0.2, 0) is 0 Å². The number of aliphatic hydroxyl groups is 1. The molecule has 1 saturated heterocycles. The Kier molecular flexibility index (Phi) is 2.46. The van der Waals surface area contributed by atoms with Crippen molar-refractivity contribution in [3.05, 3.63) is 17.0 Å². The molecule has 0 aliphatic carbocycles. The first-order valence-electron chi connectivity index (χ1n) is 4.16. The summed E-state index contributed by atoms with van der Waals surface area (Å²) >= 11 is 3.38. The van der Waals surface area contributed by atoms with Crippen molar-refractivity contribution >= 4 is 21.7 Å². The fraction of sp³-hybridized carbons (Fsp3) is 0.500. The van der Waals surface area contributed by atoms with Gasteiger partial charge in [0.05, 0.1) is 10.6 Å². The maximum absolute atomic E-state index is 9.35. The van der Waals surface area contributed by atoms with Crippen LogP contribution in [0.1, 0.15) is 6.42 Å². The van der Waals surface area contributed by atoms with Crippen LogP contribution in [0.4, 0.5) is 5.82 Å². The third kappa shape index (κ3) is 1.81. The first-order chi connectivity index (χ1) is 6.27. The lowest BCUT2D eigenvalue weighted by Crippen LogP contribution is -2.22. The highest BCUT2D eigenvalue weighted by Crippen LogP contribution is 2.25. The molecule has 0 saturated carbocycles. The zero-order valence-corrected chi connectivity index (χ0v) is 8.61. The van der Waals surface area contributed by atoms with Gasteiger partial charge in [-0.15, -0.1) is 0 Å². The van der Waals surface area contributed by atoms with E-state index in [1.54, 1.807) is 6.20 Å². The van der Waals surface area contributed by atoms with Crippen molar-refractivity contribution in [3.63, 3.8) is 0 Å². The Morgan fingerprint density at radius 1 is 1.62 bits per heavy atom. The van der Waals surface area contributed by atoms with E-state index in [0.29, 0.717) is 6.54 Å². The Bertz CT molecular complexity index is 307. The molecule has 4 nitrogen and oxygen atoms in total. The molecule has 70 valence electrons. The summed E-state index contributed by atoms with van der Waals surface area (Å²) in [5.41, 5.74) is 0. The molecule has 0 bridgehead atoms. The average Bonchev–Trinajstić information content (AvgIpc) is 2.53. The van der Waals surface area contributed by atoms with E-state index in [-0.39, 0.29) is 6.10 Å². The Balaban J connectivity index is 2.21. The van der Waals surface area contributed by atoms with Crippen molar-refractivity contribution in [3.8, 4) is 0 Å². The molecule has 5 heteroatoms. The van der Waals surface area contributed by atoms with Crippen LogP contribution in [0.3, 0.4) is 0 Å². The summed E-state index contributed by atoms with van der Waals surface area (Å²) < 4.78 is 0.879. The molecule has 0 amide bonds. The number of nitrogens with zero attached hydrogens (tertiary/aromatic N) is 3. The lowest BCUT2D eigenvalue weighted by atomic mass is 10.3. The van der Waals surface area contributed by atoms with Crippen LogP contribution in [0.2, 0.25) is 0 Å². The van der Waals surface area contributed by atoms with E-state index in [1.165, 1.54) is 6.33 Å². The van der Waals surface area contributed by atoms with Crippen LogP contribution in [0.25, 0.3) is 0 Å². The molecule has 1 aliphatic heterocycles. The van der Waals surface area contributed by atoms with E-state index in [2.05, 4.69) is 30.8 Å². The summed E-state index contributed by atoms with van der Waals surface area (Å²) in [5, 5.41) is 9.35. The van der Waals surface area contributed by atoms with Gasteiger partial charge in [0.1, 0.15) is 12.1 Å². The lowest BCUT2D eigenvalue weighted by molar-refractivity contribution is 0.198. The summed E-state index contributed by atoms with van der Waals surface area (Å²) in [6.07, 6.45) is 3.83. The molecule has 1 N–H and O–H groups in total. The lowest BCUT2D eigenvalue weighted by Gasteiger charge is -2.16. The van der Waals surface area contributed by atoms with Crippen LogP contribution in [0, 0.1) is 0 Å². The third-order valence-electron chi connectivity index (χ3n) is 2.11. The van der Waals surface area contributed by atoms with Gasteiger partial charge in [-0.25, -0.2) is 9.97 Å². The molecule has 0 spiro atoms. The number of aliphatic hydroxyl groups excluding tert-OH is 1. The van der Waals surface area contributed by atoms with E-state index in [4.69, 9.17) is 0 Å². The van der Waals surface area contributed by atoms with Gasteiger partial charge in [0.2, 0.25) is 0 Å². The fourth-order valence-electron chi connectivity index (χ4n) is 1.47. The monoisotopic (exact) mass is 243 g/mol. The van der Waals surface area contributed by atoms with E-state index in [0.717, 1.165) is 23.3 Å². The maximum atomic E-state index is 9.35. The SMILES string of the molecule is O[C@@H]1CCN(c2ncncc2Br)C1.